The van der Waals surface area contributed by atoms with Crippen molar-refractivity contribution >= 4 is 0 Å². The fraction of sp³-hybridized carbons (Fsp3) is 0.667. The summed E-state index contributed by atoms with van der Waals surface area (Å²) in [5.41, 5.74) is -1.83. The van der Waals surface area contributed by atoms with E-state index in [4.69, 9.17) is 24.2 Å². The Bertz CT molecular complexity index is 754. The highest BCUT2D eigenvalue weighted by Gasteiger charge is 2.68. The molecule has 1 saturated heterocycles. The van der Waals surface area contributed by atoms with Gasteiger partial charge in [0, 0.05) is 18.2 Å². The fourth-order valence-electron chi connectivity index (χ4n) is 3.03. The molecule has 2 heterocycles. The van der Waals surface area contributed by atoms with Crippen molar-refractivity contribution in [2.75, 3.05) is 26.8 Å². The molecular formula is C15H19N3O7. The van der Waals surface area contributed by atoms with Crippen LogP contribution in [0.1, 0.15) is 19.1 Å². The molecule has 0 radical (unpaired) electrons. The van der Waals surface area contributed by atoms with Crippen LogP contribution in [0.2, 0.25) is 0 Å². The van der Waals surface area contributed by atoms with E-state index in [-0.39, 0.29) is 39.1 Å². The minimum Gasteiger partial charge on any atom is -0.393 e. The maximum Gasteiger partial charge on any atom is 0.330 e. The second-order valence-electron chi connectivity index (χ2n) is 5.95. The first-order valence-electron chi connectivity index (χ1n) is 7.85. The zero-order valence-corrected chi connectivity index (χ0v) is 13.4. The molecule has 1 aromatic rings. The van der Waals surface area contributed by atoms with Crippen molar-refractivity contribution in [2.45, 2.75) is 30.8 Å². The fourth-order valence-corrected chi connectivity index (χ4v) is 3.03. The van der Waals surface area contributed by atoms with Crippen molar-refractivity contribution in [1.82, 2.24) is 9.55 Å². The Labute approximate surface area is 142 Å². The largest absolute Gasteiger partial charge is 0.393 e. The molecule has 2 N–H and O–H groups in total. The molecule has 2 unspecified atom stereocenters. The molecule has 1 aliphatic carbocycles. The van der Waals surface area contributed by atoms with Crippen molar-refractivity contribution in [2.24, 2.45) is 5.92 Å². The Morgan fingerprint density at radius 2 is 2.28 bits per heavy atom. The molecule has 0 amide bonds. The molecule has 1 saturated carbocycles. The lowest BCUT2D eigenvalue weighted by molar-refractivity contribution is -0.178. The molecule has 0 spiro atoms. The Kier molecular flexibility index (Phi) is 5.31. The number of nitrogens with zero attached hydrogens (tertiary/aromatic N) is 2. The first-order valence-corrected chi connectivity index (χ1v) is 7.85. The number of fused-ring (bicyclic) bond motifs is 1. The molecular weight excluding hydrogens is 334 g/mol. The van der Waals surface area contributed by atoms with Crippen molar-refractivity contribution in [3.05, 3.63) is 33.1 Å². The number of aliphatic hydroxyl groups is 1. The zero-order chi connectivity index (χ0) is 17.9. The third-order valence-electron chi connectivity index (χ3n) is 4.38. The lowest BCUT2D eigenvalue weighted by Crippen LogP contribution is -2.38. The van der Waals surface area contributed by atoms with Gasteiger partial charge in [0.2, 0.25) is 0 Å². The van der Waals surface area contributed by atoms with Gasteiger partial charge in [-0.2, -0.15) is 5.26 Å². The van der Waals surface area contributed by atoms with Crippen LogP contribution >= 0.6 is 0 Å². The summed E-state index contributed by atoms with van der Waals surface area (Å²) < 4.78 is 23.0. The van der Waals surface area contributed by atoms with Gasteiger partial charge in [0.05, 0.1) is 31.3 Å². The molecule has 10 nitrogen and oxygen atoms in total. The standard InChI is InChI=1S/C15H19N3O7/c16-3-1-5-22-8-23-9-24-12-10-6-15(10,7-19)25-13(12)18-4-2-11(20)17-14(18)21/h2,4,10,12-13,19H,1,5-9H2,(H,17,20,21)/t10?,12?,13-,15-/m1/s1. The number of hydrogen-bond donors (Lipinski definition) is 2. The highest BCUT2D eigenvalue weighted by atomic mass is 16.7. The predicted molar refractivity (Wildman–Crippen MR) is 81.2 cm³/mol. The van der Waals surface area contributed by atoms with E-state index < -0.39 is 29.2 Å². The average Bonchev–Trinajstić information content (AvgIpc) is 3.23. The second kappa shape index (κ2) is 7.47. The van der Waals surface area contributed by atoms with E-state index in [1.807, 2.05) is 6.07 Å². The number of nitrogens with one attached hydrogen (secondary N) is 1. The van der Waals surface area contributed by atoms with Crippen LogP contribution in [-0.2, 0) is 18.9 Å². The summed E-state index contributed by atoms with van der Waals surface area (Å²) in [4.78, 5) is 25.4. The lowest BCUT2D eigenvalue weighted by Gasteiger charge is -2.24. The van der Waals surface area contributed by atoms with Gasteiger partial charge < -0.3 is 24.1 Å². The van der Waals surface area contributed by atoms with Crippen LogP contribution in [-0.4, -0.2) is 53.2 Å². The number of H-pyrrole nitrogens is 1. The Morgan fingerprint density at radius 3 is 3.00 bits per heavy atom. The van der Waals surface area contributed by atoms with Crippen LogP contribution in [0.3, 0.4) is 0 Å². The molecule has 136 valence electrons. The number of aromatic amines is 1. The van der Waals surface area contributed by atoms with E-state index in [0.717, 1.165) is 0 Å². The molecule has 1 aromatic heterocycles. The average molecular weight is 353 g/mol. The number of ether oxygens (including phenoxy) is 4. The van der Waals surface area contributed by atoms with E-state index >= 15 is 0 Å². The molecule has 1 aliphatic heterocycles. The van der Waals surface area contributed by atoms with Gasteiger partial charge in [-0.05, 0) is 6.42 Å². The molecule has 2 fully saturated rings. The smallest absolute Gasteiger partial charge is 0.330 e. The van der Waals surface area contributed by atoms with Crippen LogP contribution in [0.5, 0.6) is 0 Å². The molecule has 3 rings (SSSR count). The van der Waals surface area contributed by atoms with Gasteiger partial charge in [-0.1, -0.05) is 0 Å². The van der Waals surface area contributed by atoms with E-state index in [1.54, 1.807) is 0 Å². The van der Waals surface area contributed by atoms with Gasteiger partial charge in [-0.15, -0.1) is 0 Å². The van der Waals surface area contributed by atoms with Crippen LogP contribution in [0.4, 0.5) is 0 Å². The highest BCUT2D eigenvalue weighted by molar-refractivity contribution is 5.15. The quantitative estimate of drug-likeness (QED) is 0.429. The maximum absolute atomic E-state index is 12.0. The van der Waals surface area contributed by atoms with Crippen molar-refractivity contribution in [3.63, 3.8) is 0 Å². The number of hydrogen-bond acceptors (Lipinski definition) is 8. The van der Waals surface area contributed by atoms with E-state index in [9.17, 15) is 14.7 Å². The van der Waals surface area contributed by atoms with Gasteiger partial charge in [-0.25, -0.2) is 4.79 Å². The summed E-state index contributed by atoms with van der Waals surface area (Å²) in [6, 6.07) is 3.17. The Hall–Kier alpha value is -2.03. The third-order valence-corrected chi connectivity index (χ3v) is 4.38. The van der Waals surface area contributed by atoms with Gasteiger partial charge >= 0.3 is 5.69 Å². The summed E-state index contributed by atoms with van der Waals surface area (Å²) in [5.74, 6) is -0.0653. The van der Waals surface area contributed by atoms with Gasteiger partial charge in [0.25, 0.3) is 5.56 Å². The van der Waals surface area contributed by atoms with Crippen molar-refractivity contribution < 1.29 is 24.1 Å². The molecule has 25 heavy (non-hydrogen) atoms. The Morgan fingerprint density at radius 1 is 1.44 bits per heavy atom. The molecule has 0 bridgehead atoms. The van der Waals surface area contributed by atoms with Gasteiger partial charge in [-0.3, -0.25) is 14.3 Å². The summed E-state index contributed by atoms with van der Waals surface area (Å²) in [5, 5.41) is 17.9. The second-order valence-corrected chi connectivity index (χ2v) is 5.95. The molecule has 10 heteroatoms. The first kappa shape index (κ1) is 17.8. The minimum atomic E-state index is -0.765. The van der Waals surface area contributed by atoms with Crippen molar-refractivity contribution in [1.29, 1.82) is 5.26 Å². The van der Waals surface area contributed by atoms with Crippen molar-refractivity contribution in [3.8, 4) is 6.07 Å². The predicted octanol–water partition coefficient (Wildman–Crippen LogP) is -0.937. The molecule has 0 aromatic carbocycles. The Balaban J connectivity index is 1.61. The van der Waals surface area contributed by atoms with E-state index in [2.05, 4.69) is 4.98 Å². The summed E-state index contributed by atoms with van der Waals surface area (Å²) in [6.45, 7) is -0.0134. The zero-order valence-electron chi connectivity index (χ0n) is 13.4. The summed E-state index contributed by atoms with van der Waals surface area (Å²) >= 11 is 0. The third kappa shape index (κ3) is 3.65. The summed E-state index contributed by atoms with van der Waals surface area (Å²) in [6.07, 6.45) is 0.970. The normalized spacial score (nSPS) is 30.0. The van der Waals surface area contributed by atoms with Crippen LogP contribution in [0.15, 0.2) is 21.9 Å². The van der Waals surface area contributed by atoms with Crippen LogP contribution < -0.4 is 11.2 Å². The topological polar surface area (TPSA) is 136 Å². The first-order chi connectivity index (χ1) is 12.1. The van der Waals surface area contributed by atoms with Gasteiger partial charge in [0.15, 0.2) is 6.23 Å². The van der Waals surface area contributed by atoms with Gasteiger partial charge in [0.1, 0.15) is 19.7 Å². The SMILES string of the molecule is N#CCCOCOCOC1C2C[C@]2(CO)O[C@H]1n1ccc(=O)[nH]c1=O. The van der Waals surface area contributed by atoms with Crippen LogP contribution in [0.25, 0.3) is 0 Å². The monoisotopic (exact) mass is 353 g/mol. The molecule has 4 atom stereocenters. The number of nitriles is 1. The van der Waals surface area contributed by atoms with E-state index in [1.165, 1.54) is 16.8 Å². The number of aromatic nitrogens is 2. The van der Waals surface area contributed by atoms with E-state index in [0.29, 0.717) is 6.42 Å². The number of aliphatic hydroxyl groups excluding tert-OH is 1. The number of rotatable bonds is 9. The lowest BCUT2D eigenvalue weighted by atomic mass is 10.2. The molecule has 2 aliphatic rings. The minimum absolute atomic E-state index is 0.0195. The highest BCUT2D eigenvalue weighted by Crippen LogP contribution is 2.59. The maximum atomic E-state index is 12.0. The summed E-state index contributed by atoms with van der Waals surface area (Å²) in [7, 11) is 0. The van der Waals surface area contributed by atoms with Crippen LogP contribution in [0, 0.1) is 17.2 Å².